The first-order valence-electron chi connectivity index (χ1n) is 3.37. The van der Waals surface area contributed by atoms with Crippen LogP contribution >= 0.6 is 0 Å². The van der Waals surface area contributed by atoms with Crippen molar-refractivity contribution < 1.29 is 9.84 Å². The molecule has 0 aliphatic rings. The maximum atomic E-state index is 9.06. The maximum absolute atomic E-state index is 9.06. The number of hydrogen-bond donors (Lipinski definition) is 1. The van der Waals surface area contributed by atoms with Crippen LogP contribution in [-0.2, 0) is 4.74 Å². The topological polar surface area (TPSA) is 32.7 Å². The molecular formula is C8H15NO2. The van der Waals surface area contributed by atoms with Crippen LogP contribution in [0.4, 0.5) is 0 Å². The van der Waals surface area contributed by atoms with Crippen LogP contribution in [0.1, 0.15) is 6.92 Å². The van der Waals surface area contributed by atoms with E-state index in [1.807, 2.05) is 19.0 Å². The van der Waals surface area contributed by atoms with Gasteiger partial charge in [-0.3, -0.25) is 4.90 Å². The molecule has 64 valence electrons. The summed E-state index contributed by atoms with van der Waals surface area (Å²) in [5.41, 5.74) is 0. The first kappa shape index (κ1) is 10.0. The molecule has 0 saturated heterocycles. The summed E-state index contributed by atoms with van der Waals surface area (Å²) in [4.78, 5) is 1.86. The lowest BCUT2D eigenvalue weighted by atomic mass is 10.4. The van der Waals surface area contributed by atoms with Crippen LogP contribution in [0.25, 0.3) is 0 Å². The Labute approximate surface area is 67.6 Å². The van der Waals surface area contributed by atoms with Gasteiger partial charge in [0.2, 0.25) is 0 Å². The van der Waals surface area contributed by atoms with E-state index < -0.39 is 0 Å². The van der Waals surface area contributed by atoms with E-state index in [1.54, 1.807) is 6.92 Å². The number of hydrogen-bond acceptors (Lipinski definition) is 3. The zero-order chi connectivity index (χ0) is 8.85. The molecule has 0 spiro atoms. The van der Waals surface area contributed by atoms with E-state index in [0.717, 1.165) is 0 Å². The summed E-state index contributed by atoms with van der Waals surface area (Å²) in [5.74, 6) is 0.584. The van der Waals surface area contributed by atoms with Crippen molar-refractivity contribution >= 4 is 0 Å². The number of nitrogens with zero attached hydrogens (tertiary/aromatic N) is 1. The minimum atomic E-state index is 0.0897. The molecule has 0 unspecified atom stereocenters. The Kier molecular flexibility index (Phi) is 4.38. The van der Waals surface area contributed by atoms with E-state index in [-0.39, 0.29) is 5.76 Å². The molecule has 0 rings (SSSR count). The van der Waals surface area contributed by atoms with E-state index in [0.29, 0.717) is 12.5 Å². The fourth-order valence-electron chi connectivity index (χ4n) is 0.444. The molecule has 0 bridgehead atoms. The highest BCUT2D eigenvalue weighted by molar-refractivity contribution is 5.09. The normalized spacial score (nSPS) is 12.7. The van der Waals surface area contributed by atoms with Crippen LogP contribution in [0.2, 0.25) is 0 Å². The third-order valence-corrected chi connectivity index (χ3v) is 1.09. The summed E-state index contributed by atoms with van der Waals surface area (Å²) in [6.45, 7) is 5.56. The molecule has 0 radical (unpaired) electrons. The standard InChI is InChI=1S/C8H15NO2/c1-5-8(10)7(2)11-6-9(3)4/h5,10H,1,6H2,2-4H3/b8-7-. The molecule has 0 aromatic carbocycles. The maximum Gasteiger partial charge on any atom is 0.152 e. The predicted octanol–water partition coefficient (Wildman–Crippen LogP) is 1.50. The van der Waals surface area contributed by atoms with E-state index in [4.69, 9.17) is 9.84 Å². The Morgan fingerprint density at radius 1 is 1.64 bits per heavy atom. The molecule has 3 nitrogen and oxygen atoms in total. The van der Waals surface area contributed by atoms with E-state index >= 15 is 0 Å². The Morgan fingerprint density at radius 3 is 2.55 bits per heavy atom. The summed E-state index contributed by atoms with van der Waals surface area (Å²) >= 11 is 0. The van der Waals surface area contributed by atoms with Gasteiger partial charge in [0, 0.05) is 0 Å². The molecule has 3 heteroatoms. The minimum Gasteiger partial charge on any atom is -0.505 e. The molecule has 0 aromatic heterocycles. The molecule has 1 N–H and O–H groups in total. The van der Waals surface area contributed by atoms with Gasteiger partial charge in [-0.2, -0.15) is 0 Å². The van der Waals surface area contributed by atoms with Gasteiger partial charge in [-0.1, -0.05) is 6.58 Å². The Bertz CT molecular complexity index is 161. The van der Waals surface area contributed by atoms with Gasteiger partial charge in [-0.05, 0) is 27.1 Å². The average Bonchev–Trinajstić information content (AvgIpc) is 1.98. The van der Waals surface area contributed by atoms with Gasteiger partial charge in [0.05, 0.1) is 0 Å². The largest absolute Gasteiger partial charge is 0.505 e. The van der Waals surface area contributed by atoms with Crippen LogP contribution in [0.15, 0.2) is 24.2 Å². The predicted molar refractivity (Wildman–Crippen MR) is 45.2 cm³/mol. The molecule has 0 heterocycles. The molecule has 0 fully saturated rings. The second-order valence-electron chi connectivity index (χ2n) is 2.50. The third-order valence-electron chi connectivity index (χ3n) is 1.09. The highest BCUT2D eigenvalue weighted by Crippen LogP contribution is 2.02. The number of aliphatic hydroxyl groups is 1. The Hall–Kier alpha value is -0.960. The quantitative estimate of drug-likeness (QED) is 0.381. The van der Waals surface area contributed by atoms with E-state index in [1.165, 1.54) is 6.08 Å². The molecule has 0 atom stereocenters. The van der Waals surface area contributed by atoms with E-state index in [2.05, 4.69) is 6.58 Å². The van der Waals surface area contributed by atoms with Crippen molar-refractivity contribution in [3.05, 3.63) is 24.2 Å². The van der Waals surface area contributed by atoms with Crippen molar-refractivity contribution in [2.24, 2.45) is 0 Å². The first-order valence-corrected chi connectivity index (χ1v) is 3.37. The van der Waals surface area contributed by atoms with Crippen molar-refractivity contribution in [1.82, 2.24) is 4.90 Å². The van der Waals surface area contributed by atoms with Crippen LogP contribution in [0.5, 0.6) is 0 Å². The lowest BCUT2D eigenvalue weighted by Crippen LogP contribution is -2.15. The summed E-state index contributed by atoms with van der Waals surface area (Å²) in [6, 6.07) is 0. The molecule has 0 saturated carbocycles. The van der Waals surface area contributed by atoms with Gasteiger partial charge in [-0.15, -0.1) is 0 Å². The molecule has 0 aliphatic carbocycles. The van der Waals surface area contributed by atoms with E-state index in [9.17, 15) is 0 Å². The summed E-state index contributed by atoms with van der Waals surface area (Å²) in [7, 11) is 3.77. The fourth-order valence-corrected chi connectivity index (χ4v) is 0.444. The fraction of sp³-hybridized carbons (Fsp3) is 0.500. The highest BCUT2D eigenvalue weighted by atomic mass is 16.5. The number of ether oxygens (including phenoxy) is 1. The van der Waals surface area contributed by atoms with Crippen molar-refractivity contribution in [3.63, 3.8) is 0 Å². The van der Waals surface area contributed by atoms with Crippen LogP contribution in [0, 0.1) is 0 Å². The van der Waals surface area contributed by atoms with Gasteiger partial charge in [0.1, 0.15) is 12.5 Å². The molecule has 0 aliphatic heterocycles. The number of aliphatic hydroxyl groups excluding tert-OH is 1. The van der Waals surface area contributed by atoms with Crippen LogP contribution in [0.3, 0.4) is 0 Å². The van der Waals surface area contributed by atoms with Crippen molar-refractivity contribution in [1.29, 1.82) is 0 Å². The molecular weight excluding hydrogens is 142 g/mol. The second kappa shape index (κ2) is 4.79. The van der Waals surface area contributed by atoms with Crippen LogP contribution in [-0.4, -0.2) is 30.8 Å². The number of rotatable bonds is 4. The summed E-state index contributed by atoms with van der Waals surface area (Å²) in [5, 5.41) is 9.06. The number of allylic oxidation sites excluding steroid dienone is 2. The SMILES string of the molecule is C=C/C(O)=C(\C)OCN(C)C. The van der Waals surface area contributed by atoms with Gasteiger partial charge >= 0.3 is 0 Å². The highest BCUT2D eigenvalue weighted by Gasteiger charge is 1.96. The second-order valence-corrected chi connectivity index (χ2v) is 2.50. The van der Waals surface area contributed by atoms with Crippen LogP contribution < -0.4 is 0 Å². The summed E-state index contributed by atoms with van der Waals surface area (Å²) in [6.07, 6.45) is 1.35. The van der Waals surface area contributed by atoms with Gasteiger partial charge < -0.3 is 9.84 Å². The first-order chi connectivity index (χ1) is 5.07. The minimum absolute atomic E-state index is 0.0897. The molecule has 0 aromatic rings. The van der Waals surface area contributed by atoms with Crippen molar-refractivity contribution in [3.8, 4) is 0 Å². The lowest BCUT2D eigenvalue weighted by molar-refractivity contribution is 0.103. The summed E-state index contributed by atoms with van der Waals surface area (Å²) < 4.78 is 5.14. The average molecular weight is 157 g/mol. The van der Waals surface area contributed by atoms with Crippen molar-refractivity contribution in [2.75, 3.05) is 20.8 Å². The zero-order valence-electron chi connectivity index (χ0n) is 7.29. The smallest absolute Gasteiger partial charge is 0.152 e. The third kappa shape index (κ3) is 4.44. The lowest BCUT2D eigenvalue weighted by Gasteiger charge is -2.12. The molecule has 11 heavy (non-hydrogen) atoms. The van der Waals surface area contributed by atoms with Crippen molar-refractivity contribution in [2.45, 2.75) is 6.92 Å². The Morgan fingerprint density at radius 2 is 2.18 bits per heavy atom. The molecule has 0 amide bonds. The van der Waals surface area contributed by atoms with Gasteiger partial charge in [0.15, 0.2) is 5.76 Å². The Balaban J connectivity index is 3.85. The zero-order valence-corrected chi connectivity index (χ0v) is 7.29. The van der Waals surface area contributed by atoms with Gasteiger partial charge in [0.25, 0.3) is 0 Å². The monoisotopic (exact) mass is 157 g/mol. The van der Waals surface area contributed by atoms with Gasteiger partial charge in [-0.25, -0.2) is 0 Å².